The molecular formula is C22H24ClFN6O3. The van der Waals surface area contributed by atoms with Crippen LogP contribution in [-0.4, -0.2) is 41.4 Å². The van der Waals surface area contributed by atoms with E-state index in [1.165, 1.54) is 18.5 Å². The number of halogens is 2. The molecule has 4 N–H and O–H groups in total. The predicted molar refractivity (Wildman–Crippen MR) is 125 cm³/mol. The first kappa shape index (κ1) is 23.0. The van der Waals surface area contributed by atoms with E-state index in [-0.39, 0.29) is 17.2 Å². The van der Waals surface area contributed by atoms with Gasteiger partial charge in [0.25, 0.3) is 0 Å². The second kappa shape index (κ2) is 10.2. The molecular weight excluding hydrogens is 451 g/mol. The molecule has 11 heteroatoms. The van der Waals surface area contributed by atoms with Crippen molar-refractivity contribution in [2.24, 2.45) is 0 Å². The minimum Gasteiger partial charge on any atom is -0.486 e. The van der Waals surface area contributed by atoms with Crippen molar-refractivity contribution in [2.45, 2.75) is 32.4 Å². The Balaban J connectivity index is 1.68. The Morgan fingerprint density at radius 2 is 2.12 bits per heavy atom. The minimum absolute atomic E-state index is 0.00971. The average molecular weight is 475 g/mol. The molecule has 1 saturated heterocycles. The van der Waals surface area contributed by atoms with Gasteiger partial charge in [-0.05, 0) is 38.1 Å². The normalized spacial score (nSPS) is 15.6. The Morgan fingerprint density at radius 1 is 1.27 bits per heavy atom. The van der Waals surface area contributed by atoms with Gasteiger partial charge in [0, 0.05) is 29.6 Å². The smallest absolute Gasteiger partial charge is 0.333 e. The summed E-state index contributed by atoms with van der Waals surface area (Å²) < 4.78 is 25.0. The first-order chi connectivity index (χ1) is 15.9. The molecule has 9 nitrogen and oxygen atoms in total. The van der Waals surface area contributed by atoms with E-state index in [2.05, 4.69) is 31.5 Å². The fourth-order valence-electron chi connectivity index (χ4n) is 3.24. The molecule has 2 amide bonds. The second-order valence-electron chi connectivity index (χ2n) is 7.82. The number of benzene rings is 2. The van der Waals surface area contributed by atoms with Crippen molar-refractivity contribution in [3.63, 3.8) is 0 Å². The molecule has 1 aliphatic heterocycles. The fourth-order valence-corrected chi connectivity index (χ4v) is 3.42. The van der Waals surface area contributed by atoms with Gasteiger partial charge in [-0.2, -0.15) is 0 Å². The molecule has 1 aliphatic rings. The Bertz CT molecular complexity index is 1160. The maximum Gasteiger partial charge on any atom is 0.333 e. The summed E-state index contributed by atoms with van der Waals surface area (Å²) in [5.74, 6) is 0.411. The molecule has 0 radical (unpaired) electrons. The summed E-state index contributed by atoms with van der Waals surface area (Å²) in [6.45, 7) is 4.90. The van der Waals surface area contributed by atoms with Crippen LogP contribution in [0.25, 0.3) is 10.9 Å². The Kier molecular flexibility index (Phi) is 7.07. The number of carbonyl (C=O) groups is 1. The summed E-state index contributed by atoms with van der Waals surface area (Å²) in [6.07, 6.45) is 2.03. The highest BCUT2D eigenvalue weighted by Gasteiger charge is 2.21. The van der Waals surface area contributed by atoms with Crippen molar-refractivity contribution in [1.29, 1.82) is 0 Å². The summed E-state index contributed by atoms with van der Waals surface area (Å²) >= 11 is 5.90. The van der Waals surface area contributed by atoms with E-state index >= 15 is 0 Å². The molecule has 33 heavy (non-hydrogen) atoms. The number of anilines is 3. The van der Waals surface area contributed by atoms with Gasteiger partial charge in [-0.1, -0.05) is 11.6 Å². The molecule has 2 heterocycles. The van der Waals surface area contributed by atoms with Gasteiger partial charge in [-0.3, -0.25) is 5.43 Å². The lowest BCUT2D eigenvalue weighted by atomic mass is 10.1. The van der Waals surface area contributed by atoms with Crippen molar-refractivity contribution in [3.05, 3.63) is 47.5 Å². The van der Waals surface area contributed by atoms with E-state index in [0.29, 0.717) is 47.1 Å². The maximum absolute atomic E-state index is 13.5. The molecule has 0 saturated carbocycles. The third-order valence-electron chi connectivity index (χ3n) is 4.82. The van der Waals surface area contributed by atoms with Gasteiger partial charge in [0.1, 0.15) is 29.8 Å². The molecule has 0 bridgehead atoms. The summed E-state index contributed by atoms with van der Waals surface area (Å²) in [7, 11) is 0. The van der Waals surface area contributed by atoms with Gasteiger partial charge >= 0.3 is 6.03 Å². The molecule has 1 fully saturated rings. The Hall–Kier alpha value is -3.21. The summed E-state index contributed by atoms with van der Waals surface area (Å²) in [5, 5.41) is 6.55. The highest BCUT2D eigenvalue weighted by atomic mass is 35.5. The maximum atomic E-state index is 13.5. The van der Waals surface area contributed by atoms with E-state index in [1.54, 1.807) is 18.2 Å². The van der Waals surface area contributed by atoms with Gasteiger partial charge in [-0.25, -0.2) is 24.6 Å². The molecule has 0 spiro atoms. The van der Waals surface area contributed by atoms with Crippen molar-refractivity contribution in [3.8, 4) is 5.75 Å². The van der Waals surface area contributed by atoms with Crippen LogP contribution in [0.2, 0.25) is 5.02 Å². The van der Waals surface area contributed by atoms with Crippen molar-refractivity contribution in [1.82, 2.24) is 20.8 Å². The molecule has 1 unspecified atom stereocenters. The van der Waals surface area contributed by atoms with Crippen LogP contribution < -0.4 is 26.2 Å². The van der Waals surface area contributed by atoms with Crippen molar-refractivity contribution in [2.75, 3.05) is 23.8 Å². The number of nitrogens with one attached hydrogen (secondary N) is 4. The number of rotatable bonds is 7. The van der Waals surface area contributed by atoms with Crippen LogP contribution in [-0.2, 0) is 4.74 Å². The summed E-state index contributed by atoms with van der Waals surface area (Å²) in [6, 6.07) is 7.36. The molecule has 0 aliphatic carbocycles. The highest BCUT2D eigenvalue weighted by molar-refractivity contribution is 6.31. The van der Waals surface area contributed by atoms with E-state index in [1.807, 2.05) is 13.8 Å². The molecule has 1 atom stereocenters. The fraction of sp³-hybridized carbons (Fsp3) is 0.318. The number of ether oxygens (including phenoxy) is 2. The number of nitrogens with zero attached hydrogens (tertiary/aromatic N) is 2. The van der Waals surface area contributed by atoms with Crippen LogP contribution in [0.4, 0.5) is 26.4 Å². The lowest BCUT2D eigenvalue weighted by Crippen LogP contribution is -2.44. The zero-order valence-electron chi connectivity index (χ0n) is 18.1. The quantitative estimate of drug-likeness (QED) is 0.376. The number of carbonyl (C=O) groups excluding carboxylic acids is 1. The van der Waals surface area contributed by atoms with E-state index in [4.69, 9.17) is 21.1 Å². The van der Waals surface area contributed by atoms with Crippen LogP contribution >= 0.6 is 11.6 Å². The van der Waals surface area contributed by atoms with Crippen molar-refractivity contribution < 1.29 is 18.7 Å². The SMILES string of the molecule is CC(C)NNC(=O)Nc1cc2c(Nc3ccc(F)c(Cl)c3)ncnc2cc1OC1CCOC1. The molecule has 4 rings (SSSR count). The molecule has 2 aromatic carbocycles. The van der Waals surface area contributed by atoms with Gasteiger partial charge in [0.15, 0.2) is 0 Å². The second-order valence-corrected chi connectivity index (χ2v) is 8.23. The first-order valence-electron chi connectivity index (χ1n) is 10.5. The third-order valence-corrected chi connectivity index (χ3v) is 5.11. The van der Waals surface area contributed by atoms with Crippen LogP contribution in [0.5, 0.6) is 5.75 Å². The number of hydrogen-bond acceptors (Lipinski definition) is 7. The predicted octanol–water partition coefficient (Wildman–Crippen LogP) is 4.37. The van der Waals surface area contributed by atoms with Gasteiger partial charge < -0.3 is 20.1 Å². The number of amides is 2. The largest absolute Gasteiger partial charge is 0.486 e. The van der Waals surface area contributed by atoms with E-state index in [0.717, 1.165) is 6.42 Å². The van der Waals surface area contributed by atoms with Crippen LogP contribution in [0, 0.1) is 5.82 Å². The lowest BCUT2D eigenvalue weighted by Gasteiger charge is -2.18. The van der Waals surface area contributed by atoms with Gasteiger partial charge in [0.05, 0.1) is 29.4 Å². The van der Waals surface area contributed by atoms with E-state index < -0.39 is 11.8 Å². The molecule has 3 aromatic rings. The topological polar surface area (TPSA) is 109 Å². The third kappa shape index (κ3) is 5.78. The van der Waals surface area contributed by atoms with Crippen LogP contribution in [0.1, 0.15) is 20.3 Å². The zero-order chi connectivity index (χ0) is 23.4. The standard InChI is InChI=1S/C22H24ClFN6O3/c1-12(2)29-30-22(31)28-19-8-15-18(9-20(19)33-14-5-6-32-10-14)25-11-26-21(15)27-13-3-4-17(24)16(23)7-13/h3-4,7-9,11-12,14,29H,5-6,10H2,1-2H3,(H,25,26,27)(H2,28,30,31). The zero-order valence-corrected chi connectivity index (χ0v) is 18.9. The van der Waals surface area contributed by atoms with Gasteiger partial charge in [0.2, 0.25) is 0 Å². The number of hydrazine groups is 1. The number of fused-ring (bicyclic) bond motifs is 1. The minimum atomic E-state index is -0.514. The van der Waals surface area contributed by atoms with Gasteiger partial charge in [-0.15, -0.1) is 0 Å². The Morgan fingerprint density at radius 3 is 2.85 bits per heavy atom. The highest BCUT2D eigenvalue weighted by Crippen LogP contribution is 2.35. The number of aromatic nitrogens is 2. The molecule has 174 valence electrons. The van der Waals surface area contributed by atoms with E-state index in [9.17, 15) is 9.18 Å². The number of hydrogen-bond donors (Lipinski definition) is 4. The van der Waals surface area contributed by atoms with Crippen molar-refractivity contribution >= 4 is 45.7 Å². The van der Waals surface area contributed by atoms with Crippen LogP contribution in [0.3, 0.4) is 0 Å². The van der Waals surface area contributed by atoms with Crippen LogP contribution in [0.15, 0.2) is 36.7 Å². The summed E-state index contributed by atoms with van der Waals surface area (Å²) in [4.78, 5) is 21.1. The first-order valence-corrected chi connectivity index (χ1v) is 10.8. The Labute approximate surface area is 195 Å². The monoisotopic (exact) mass is 474 g/mol. The average Bonchev–Trinajstić information content (AvgIpc) is 3.29. The number of urea groups is 1. The summed E-state index contributed by atoms with van der Waals surface area (Å²) in [5.41, 5.74) is 7.02. The molecule has 1 aromatic heterocycles. The lowest BCUT2D eigenvalue weighted by molar-refractivity contribution is 0.142.